The number of carbonyl (C=O) groups is 6. The fourth-order valence-electron chi connectivity index (χ4n) is 2.60. The van der Waals surface area contributed by atoms with Crippen LogP contribution in [0.4, 0.5) is 4.79 Å². The van der Waals surface area contributed by atoms with Crippen LogP contribution in [-0.2, 0) is 33.4 Å². The molecule has 16 nitrogen and oxygen atoms in total. The standard InChI is InChI=1S/C18H31N7O9/c1-2-10-16(30)24-25-17(31)11(7-13(19)27)22-18(32)23-12(8-26)15(29)20-3-4-33-5-6-34-9-14(28)21-10/h10-12,26H,2-9H2,1H3,(H2,19,27)(H,20,29)(H,21,28)(H,24,30)(H,25,31)(H2,22,23,32)/t10-,11-,12+/m0/s1. The van der Waals surface area contributed by atoms with Gasteiger partial charge in [-0.15, -0.1) is 0 Å². The molecule has 192 valence electrons. The first-order valence-electron chi connectivity index (χ1n) is 10.5. The highest BCUT2D eigenvalue weighted by Gasteiger charge is 2.27. The number of aliphatic hydroxyl groups excluding tert-OH is 1. The van der Waals surface area contributed by atoms with Gasteiger partial charge in [-0.1, -0.05) is 6.92 Å². The molecule has 0 aromatic rings. The maximum absolute atomic E-state index is 12.4. The van der Waals surface area contributed by atoms with Crippen molar-refractivity contribution in [3.63, 3.8) is 0 Å². The van der Waals surface area contributed by atoms with E-state index >= 15 is 0 Å². The van der Waals surface area contributed by atoms with Crippen LogP contribution in [0.2, 0.25) is 0 Å². The summed E-state index contributed by atoms with van der Waals surface area (Å²) in [7, 11) is 0. The Morgan fingerprint density at radius 1 is 0.912 bits per heavy atom. The van der Waals surface area contributed by atoms with Crippen molar-refractivity contribution in [2.75, 3.05) is 39.6 Å². The van der Waals surface area contributed by atoms with Gasteiger partial charge in [-0.05, 0) is 6.42 Å². The molecule has 1 rings (SSSR count). The summed E-state index contributed by atoms with van der Waals surface area (Å²) in [5, 5.41) is 18.6. The summed E-state index contributed by atoms with van der Waals surface area (Å²) in [5.74, 6) is -4.01. The lowest BCUT2D eigenvalue weighted by Gasteiger charge is -2.21. The minimum absolute atomic E-state index is 0.0534. The summed E-state index contributed by atoms with van der Waals surface area (Å²) in [6.45, 7) is 0.864. The molecule has 0 saturated carbocycles. The fraction of sp³-hybridized carbons (Fsp3) is 0.667. The highest BCUT2D eigenvalue weighted by atomic mass is 16.5. The van der Waals surface area contributed by atoms with Gasteiger partial charge in [0.15, 0.2) is 0 Å². The molecule has 1 saturated heterocycles. The first kappa shape index (κ1) is 28.5. The van der Waals surface area contributed by atoms with Crippen molar-refractivity contribution in [3.8, 4) is 0 Å². The normalized spacial score (nSPS) is 24.8. The van der Waals surface area contributed by atoms with Crippen LogP contribution in [0.3, 0.4) is 0 Å². The number of nitrogens with one attached hydrogen (secondary N) is 6. The van der Waals surface area contributed by atoms with Crippen LogP contribution in [-0.4, -0.2) is 98.4 Å². The molecule has 1 heterocycles. The van der Waals surface area contributed by atoms with Gasteiger partial charge in [-0.25, -0.2) is 4.79 Å². The lowest BCUT2D eigenvalue weighted by atomic mass is 10.2. The van der Waals surface area contributed by atoms with E-state index in [1.54, 1.807) is 6.92 Å². The molecule has 0 aromatic carbocycles. The molecular weight excluding hydrogens is 458 g/mol. The summed E-state index contributed by atoms with van der Waals surface area (Å²) in [6.07, 6.45) is -0.445. The third-order valence-corrected chi connectivity index (χ3v) is 4.35. The van der Waals surface area contributed by atoms with Gasteiger partial charge in [-0.3, -0.25) is 34.8 Å². The predicted molar refractivity (Wildman–Crippen MR) is 113 cm³/mol. The molecule has 9 N–H and O–H groups in total. The number of aliphatic hydroxyl groups is 1. The maximum atomic E-state index is 12.4. The molecule has 1 aliphatic heterocycles. The largest absolute Gasteiger partial charge is 0.394 e. The van der Waals surface area contributed by atoms with E-state index in [9.17, 15) is 33.9 Å². The second-order valence-electron chi connectivity index (χ2n) is 7.04. The molecule has 0 radical (unpaired) electrons. The number of hydrogen-bond acceptors (Lipinski definition) is 9. The van der Waals surface area contributed by atoms with Gasteiger partial charge in [0, 0.05) is 6.54 Å². The van der Waals surface area contributed by atoms with Gasteiger partial charge < -0.3 is 41.6 Å². The highest BCUT2D eigenvalue weighted by molar-refractivity contribution is 5.94. The number of hydrazine groups is 1. The van der Waals surface area contributed by atoms with Crippen molar-refractivity contribution in [1.29, 1.82) is 0 Å². The molecule has 3 atom stereocenters. The summed E-state index contributed by atoms with van der Waals surface area (Å²) in [6, 6.07) is -4.95. The van der Waals surface area contributed by atoms with E-state index < -0.39 is 66.7 Å². The number of amides is 7. The van der Waals surface area contributed by atoms with Gasteiger partial charge >= 0.3 is 6.03 Å². The van der Waals surface area contributed by atoms with Crippen LogP contribution in [0.25, 0.3) is 0 Å². The number of carbonyl (C=O) groups excluding carboxylic acids is 6. The second-order valence-corrected chi connectivity index (χ2v) is 7.04. The van der Waals surface area contributed by atoms with Crippen molar-refractivity contribution in [3.05, 3.63) is 0 Å². The Morgan fingerprint density at radius 3 is 2.15 bits per heavy atom. The van der Waals surface area contributed by atoms with Gasteiger partial charge in [0.2, 0.25) is 17.7 Å². The predicted octanol–water partition coefficient (Wildman–Crippen LogP) is -4.90. The molecule has 0 bridgehead atoms. The summed E-state index contributed by atoms with van der Waals surface area (Å²) < 4.78 is 10.4. The lowest BCUT2D eigenvalue weighted by Crippen LogP contribution is -2.59. The number of nitrogens with two attached hydrogens (primary N) is 1. The van der Waals surface area contributed by atoms with Gasteiger partial charge in [0.05, 0.1) is 32.8 Å². The Morgan fingerprint density at radius 2 is 1.53 bits per heavy atom. The number of primary amides is 1. The van der Waals surface area contributed by atoms with E-state index in [1.165, 1.54) is 0 Å². The number of hydrogen-bond donors (Lipinski definition) is 8. The van der Waals surface area contributed by atoms with E-state index in [-0.39, 0.29) is 39.4 Å². The average Bonchev–Trinajstić information content (AvgIpc) is 2.79. The lowest BCUT2D eigenvalue weighted by molar-refractivity contribution is -0.134. The summed E-state index contributed by atoms with van der Waals surface area (Å²) >= 11 is 0. The summed E-state index contributed by atoms with van der Waals surface area (Å²) in [5.41, 5.74) is 9.23. The van der Waals surface area contributed by atoms with Crippen molar-refractivity contribution < 1.29 is 43.3 Å². The summed E-state index contributed by atoms with van der Waals surface area (Å²) in [4.78, 5) is 72.3. The van der Waals surface area contributed by atoms with E-state index in [2.05, 4.69) is 26.7 Å². The fourth-order valence-corrected chi connectivity index (χ4v) is 2.60. The minimum Gasteiger partial charge on any atom is -0.394 e. The van der Waals surface area contributed by atoms with Crippen LogP contribution in [0.5, 0.6) is 0 Å². The SMILES string of the molecule is CC[C@@H]1NC(=O)COCCOCCNC(=O)[C@@H](CO)NC(=O)N[C@@H](CC(N)=O)C(=O)NNC1=O. The first-order valence-corrected chi connectivity index (χ1v) is 10.5. The molecule has 7 amide bonds. The Kier molecular flexibility index (Phi) is 12.9. The Bertz CT molecular complexity index is 749. The molecule has 16 heteroatoms. The second kappa shape index (κ2) is 15.4. The molecular formula is C18H31N7O9. The van der Waals surface area contributed by atoms with Gasteiger partial charge in [0.25, 0.3) is 11.8 Å². The Balaban J connectivity index is 2.93. The zero-order valence-electron chi connectivity index (χ0n) is 18.7. The maximum Gasteiger partial charge on any atom is 0.316 e. The molecule has 0 spiro atoms. The monoisotopic (exact) mass is 489 g/mol. The highest BCUT2D eigenvalue weighted by Crippen LogP contribution is 1.95. The van der Waals surface area contributed by atoms with Crippen LogP contribution >= 0.6 is 0 Å². The average molecular weight is 489 g/mol. The van der Waals surface area contributed by atoms with Crippen LogP contribution in [0.15, 0.2) is 0 Å². The zero-order chi connectivity index (χ0) is 25.5. The molecule has 1 fully saturated rings. The van der Waals surface area contributed by atoms with E-state index in [0.717, 1.165) is 0 Å². The molecule has 34 heavy (non-hydrogen) atoms. The van der Waals surface area contributed by atoms with Crippen molar-refractivity contribution in [2.45, 2.75) is 37.9 Å². The van der Waals surface area contributed by atoms with Crippen molar-refractivity contribution in [1.82, 2.24) is 32.1 Å². The first-order chi connectivity index (χ1) is 16.2. The van der Waals surface area contributed by atoms with E-state index in [0.29, 0.717) is 0 Å². The Labute approximate surface area is 195 Å². The van der Waals surface area contributed by atoms with E-state index in [1.807, 2.05) is 5.43 Å². The number of ether oxygens (including phenoxy) is 2. The Hall–Kier alpha value is -3.50. The third-order valence-electron chi connectivity index (χ3n) is 4.35. The van der Waals surface area contributed by atoms with Crippen molar-refractivity contribution in [2.24, 2.45) is 5.73 Å². The number of rotatable bonds is 4. The molecule has 0 unspecified atom stereocenters. The van der Waals surface area contributed by atoms with Crippen LogP contribution in [0.1, 0.15) is 19.8 Å². The van der Waals surface area contributed by atoms with Crippen LogP contribution in [0, 0.1) is 0 Å². The van der Waals surface area contributed by atoms with E-state index in [4.69, 9.17) is 15.2 Å². The quantitative estimate of drug-likeness (QED) is 0.188. The smallest absolute Gasteiger partial charge is 0.316 e. The molecule has 1 aliphatic rings. The third kappa shape index (κ3) is 10.9. The minimum atomic E-state index is -1.52. The number of urea groups is 1. The topological polar surface area (TPSA) is 239 Å². The van der Waals surface area contributed by atoms with Gasteiger partial charge in [0.1, 0.15) is 24.7 Å². The van der Waals surface area contributed by atoms with Crippen LogP contribution < -0.4 is 37.9 Å². The molecule has 0 aromatic heterocycles. The zero-order valence-corrected chi connectivity index (χ0v) is 18.7. The molecule has 0 aliphatic carbocycles. The van der Waals surface area contributed by atoms with Gasteiger partial charge in [-0.2, -0.15) is 0 Å². The van der Waals surface area contributed by atoms with Crippen molar-refractivity contribution >= 4 is 35.6 Å².